The van der Waals surface area contributed by atoms with Crippen molar-refractivity contribution >= 4 is 23.8 Å². The van der Waals surface area contributed by atoms with Gasteiger partial charge in [0.05, 0.1) is 30.6 Å². The van der Waals surface area contributed by atoms with Crippen LogP contribution < -0.4 is 21.3 Å². The number of nitrogens with one attached hydrogen (secondary N) is 5. The van der Waals surface area contributed by atoms with Gasteiger partial charge in [-0.1, -0.05) is 93.1 Å². The number of imidazole rings is 1. The van der Waals surface area contributed by atoms with E-state index >= 15 is 0 Å². The highest BCUT2D eigenvalue weighted by Crippen LogP contribution is 2.16. The highest BCUT2D eigenvalue weighted by molar-refractivity contribution is 5.91. The predicted octanol–water partition coefficient (Wildman–Crippen LogP) is 3.28. The third-order valence-corrected chi connectivity index (χ3v) is 8.51. The minimum Gasteiger partial charge on any atom is -0.508 e. The number of alkyl carbamates (subject to hydrolysis) is 1. The SMILES string of the molecule is CCC(C)[C@H](NC(=O)[C@@H](Cc1c[nH]cn1)NC(=O)[C@H](Cc1ccc(O)cc1)NC(=O)OCc1ccccc1)[C@@H](O)CC(=O)NCc1ccccc1. The molecule has 0 saturated carbocycles. The van der Waals surface area contributed by atoms with Crippen LogP contribution in [-0.2, 0) is 45.1 Å². The van der Waals surface area contributed by atoms with Gasteiger partial charge in [-0.25, -0.2) is 9.78 Å². The smallest absolute Gasteiger partial charge is 0.408 e. The molecule has 270 valence electrons. The zero-order valence-corrected chi connectivity index (χ0v) is 28.7. The lowest BCUT2D eigenvalue weighted by Gasteiger charge is -2.31. The standard InChI is InChI=1S/C38H46N6O7/c1-3-25(2)35(33(46)20-34(47)40-21-27-10-6-4-7-11-27)44-37(49)32(19-29-22-39-24-41-29)42-36(48)31(18-26-14-16-30(45)17-15-26)43-38(50)51-23-28-12-8-5-9-13-28/h4-17,22,24-25,31-33,35,45-46H,3,18-21,23H2,1-2H3,(H,39,41)(H,40,47)(H,42,48)(H,43,50)(H,44,49)/t25?,31-,32+,33-,35-/m0/s1. The first-order valence-electron chi connectivity index (χ1n) is 16.9. The minimum atomic E-state index is -1.22. The minimum absolute atomic E-state index is 0.00760. The van der Waals surface area contributed by atoms with Gasteiger partial charge in [0, 0.05) is 25.6 Å². The number of rotatable bonds is 18. The normalized spacial score (nSPS) is 13.9. The first-order chi connectivity index (χ1) is 24.6. The summed E-state index contributed by atoms with van der Waals surface area (Å²) in [5.74, 6) is -1.84. The number of aromatic amines is 1. The lowest BCUT2D eigenvalue weighted by Crippen LogP contribution is -2.58. The average Bonchev–Trinajstić information content (AvgIpc) is 3.66. The Hall–Kier alpha value is -5.69. The number of amides is 4. The molecule has 0 aliphatic rings. The third-order valence-electron chi connectivity index (χ3n) is 8.51. The van der Waals surface area contributed by atoms with Crippen molar-refractivity contribution in [3.63, 3.8) is 0 Å². The Kier molecular flexibility index (Phi) is 14.6. The molecule has 0 saturated heterocycles. The lowest BCUT2D eigenvalue weighted by atomic mass is 9.92. The van der Waals surface area contributed by atoms with Gasteiger partial charge in [0.15, 0.2) is 0 Å². The van der Waals surface area contributed by atoms with E-state index in [0.717, 1.165) is 11.1 Å². The molecule has 5 atom stereocenters. The molecule has 7 N–H and O–H groups in total. The van der Waals surface area contributed by atoms with Crippen LogP contribution in [0.4, 0.5) is 4.79 Å². The van der Waals surface area contributed by atoms with Crippen LogP contribution in [0.5, 0.6) is 5.75 Å². The Labute approximate surface area is 297 Å². The second-order valence-corrected chi connectivity index (χ2v) is 12.4. The largest absolute Gasteiger partial charge is 0.508 e. The molecule has 0 radical (unpaired) electrons. The number of phenols is 1. The number of H-pyrrole nitrogens is 1. The molecule has 1 heterocycles. The molecule has 4 rings (SSSR count). The van der Waals surface area contributed by atoms with Crippen LogP contribution in [0, 0.1) is 5.92 Å². The van der Waals surface area contributed by atoms with Crippen LogP contribution in [0.2, 0.25) is 0 Å². The number of nitrogens with zero attached hydrogens (tertiary/aromatic N) is 1. The van der Waals surface area contributed by atoms with Crippen LogP contribution in [0.25, 0.3) is 0 Å². The van der Waals surface area contributed by atoms with Crippen molar-refractivity contribution < 1.29 is 34.1 Å². The van der Waals surface area contributed by atoms with E-state index in [1.807, 2.05) is 62.4 Å². The first kappa shape index (κ1) is 38.1. The molecule has 51 heavy (non-hydrogen) atoms. The Bertz CT molecular complexity index is 1670. The van der Waals surface area contributed by atoms with E-state index < -0.39 is 42.1 Å². The van der Waals surface area contributed by atoms with E-state index in [1.54, 1.807) is 30.5 Å². The number of carbonyl (C=O) groups excluding carboxylic acids is 4. The van der Waals surface area contributed by atoms with Gasteiger partial charge in [-0.15, -0.1) is 0 Å². The zero-order valence-electron chi connectivity index (χ0n) is 28.7. The molecule has 0 aliphatic carbocycles. The highest BCUT2D eigenvalue weighted by atomic mass is 16.5. The number of ether oxygens (including phenoxy) is 1. The van der Waals surface area contributed by atoms with E-state index in [4.69, 9.17) is 4.74 Å². The lowest BCUT2D eigenvalue weighted by molar-refractivity contribution is -0.131. The summed E-state index contributed by atoms with van der Waals surface area (Å²) in [6.45, 7) is 4.04. The topological polar surface area (TPSA) is 195 Å². The Morgan fingerprint density at radius 2 is 1.43 bits per heavy atom. The van der Waals surface area contributed by atoms with Crippen molar-refractivity contribution in [1.82, 2.24) is 31.2 Å². The number of aromatic nitrogens is 2. The van der Waals surface area contributed by atoms with Gasteiger partial charge in [0.25, 0.3) is 0 Å². The highest BCUT2D eigenvalue weighted by Gasteiger charge is 2.33. The number of aliphatic hydroxyl groups is 1. The number of aromatic hydroxyl groups is 1. The molecule has 1 aromatic heterocycles. The molecule has 1 unspecified atom stereocenters. The summed E-state index contributed by atoms with van der Waals surface area (Å²) < 4.78 is 5.37. The van der Waals surface area contributed by atoms with Gasteiger partial charge in [-0.2, -0.15) is 0 Å². The van der Waals surface area contributed by atoms with Crippen LogP contribution in [0.15, 0.2) is 97.5 Å². The summed E-state index contributed by atoms with van der Waals surface area (Å²) >= 11 is 0. The van der Waals surface area contributed by atoms with Gasteiger partial charge in [0.2, 0.25) is 17.7 Å². The summed E-state index contributed by atoms with van der Waals surface area (Å²) in [4.78, 5) is 60.5. The molecule has 13 nitrogen and oxygen atoms in total. The summed E-state index contributed by atoms with van der Waals surface area (Å²) in [7, 11) is 0. The molecule has 0 spiro atoms. The second-order valence-electron chi connectivity index (χ2n) is 12.4. The maximum absolute atomic E-state index is 13.9. The molecule has 4 aromatic rings. The van der Waals surface area contributed by atoms with E-state index in [0.29, 0.717) is 24.2 Å². The van der Waals surface area contributed by atoms with Crippen molar-refractivity contribution in [3.05, 3.63) is 120 Å². The summed E-state index contributed by atoms with van der Waals surface area (Å²) in [5.41, 5.74) is 2.79. The Morgan fingerprint density at radius 1 is 0.804 bits per heavy atom. The van der Waals surface area contributed by atoms with Crippen LogP contribution >= 0.6 is 0 Å². The zero-order chi connectivity index (χ0) is 36.6. The first-order valence-corrected chi connectivity index (χ1v) is 16.9. The van der Waals surface area contributed by atoms with Crippen LogP contribution in [-0.4, -0.2) is 68.2 Å². The van der Waals surface area contributed by atoms with Crippen molar-refractivity contribution in [2.75, 3.05) is 0 Å². The van der Waals surface area contributed by atoms with Crippen molar-refractivity contribution in [2.24, 2.45) is 5.92 Å². The maximum atomic E-state index is 13.9. The monoisotopic (exact) mass is 698 g/mol. The van der Waals surface area contributed by atoms with Crippen LogP contribution in [0.3, 0.4) is 0 Å². The molecule has 4 amide bonds. The van der Waals surface area contributed by atoms with Gasteiger partial charge in [0.1, 0.15) is 24.4 Å². The number of carbonyl (C=O) groups is 4. The van der Waals surface area contributed by atoms with E-state index in [9.17, 15) is 29.4 Å². The van der Waals surface area contributed by atoms with Crippen molar-refractivity contribution in [2.45, 2.75) is 76.9 Å². The van der Waals surface area contributed by atoms with Crippen molar-refractivity contribution in [1.29, 1.82) is 0 Å². The molecule has 0 bridgehead atoms. The molecule has 13 heteroatoms. The Balaban J connectivity index is 1.48. The van der Waals surface area contributed by atoms with Gasteiger partial charge < -0.3 is 41.2 Å². The average molecular weight is 699 g/mol. The fourth-order valence-corrected chi connectivity index (χ4v) is 5.40. The van der Waals surface area contributed by atoms with E-state index in [-0.39, 0.29) is 43.4 Å². The molecule has 3 aromatic carbocycles. The second kappa shape index (κ2) is 19.5. The van der Waals surface area contributed by atoms with Gasteiger partial charge in [-0.05, 0) is 34.7 Å². The number of hydrogen-bond acceptors (Lipinski definition) is 8. The molecule has 0 fully saturated rings. The molecular formula is C38H46N6O7. The number of hydrogen-bond donors (Lipinski definition) is 7. The summed E-state index contributed by atoms with van der Waals surface area (Å²) in [6.07, 6.45) is 1.35. The third kappa shape index (κ3) is 12.6. The summed E-state index contributed by atoms with van der Waals surface area (Å²) in [5, 5.41) is 32.0. The maximum Gasteiger partial charge on any atom is 0.408 e. The molecule has 0 aliphatic heterocycles. The van der Waals surface area contributed by atoms with Gasteiger partial charge in [-0.3, -0.25) is 14.4 Å². The summed E-state index contributed by atoms with van der Waals surface area (Å²) in [6, 6.07) is 21.5. The quantitative estimate of drug-likeness (QED) is 0.0823. The number of phenolic OH excluding ortho intramolecular Hbond substituents is 1. The number of aliphatic hydroxyl groups excluding tert-OH is 1. The fourth-order valence-electron chi connectivity index (χ4n) is 5.40. The van der Waals surface area contributed by atoms with Crippen LogP contribution in [0.1, 0.15) is 49.1 Å². The van der Waals surface area contributed by atoms with Crippen molar-refractivity contribution in [3.8, 4) is 5.75 Å². The van der Waals surface area contributed by atoms with E-state index in [1.165, 1.54) is 18.5 Å². The number of benzene rings is 3. The fraction of sp³-hybridized carbons (Fsp3) is 0.342. The Morgan fingerprint density at radius 3 is 2.06 bits per heavy atom. The molecular weight excluding hydrogens is 652 g/mol. The van der Waals surface area contributed by atoms with Gasteiger partial charge >= 0.3 is 6.09 Å². The predicted molar refractivity (Wildman–Crippen MR) is 190 cm³/mol. The van der Waals surface area contributed by atoms with E-state index in [2.05, 4.69) is 31.2 Å².